The summed E-state index contributed by atoms with van der Waals surface area (Å²) in [6.45, 7) is 2.42. The quantitative estimate of drug-likeness (QED) is 0.403. The van der Waals surface area contributed by atoms with Gasteiger partial charge in [0.1, 0.15) is 14.9 Å². The second kappa shape index (κ2) is 9.12. The SMILES string of the molecule is Cc1ccc(CNC(=O)CSc2ncc(S(=O)(=O)c3ccc(Cl)s3)c(N)n2)cc1. The number of amides is 1. The van der Waals surface area contributed by atoms with Crippen LogP contribution in [0.25, 0.3) is 0 Å². The number of nitrogen functional groups attached to an aromatic ring is 1. The fraction of sp³-hybridized carbons (Fsp3) is 0.167. The van der Waals surface area contributed by atoms with E-state index in [4.69, 9.17) is 17.3 Å². The van der Waals surface area contributed by atoms with Crippen molar-refractivity contribution in [1.29, 1.82) is 0 Å². The molecule has 0 aliphatic rings. The summed E-state index contributed by atoms with van der Waals surface area (Å²) < 4.78 is 25.6. The second-order valence-electron chi connectivity index (χ2n) is 6.02. The molecule has 3 aromatic rings. The van der Waals surface area contributed by atoms with Crippen molar-refractivity contribution in [2.75, 3.05) is 11.5 Å². The molecular formula is C18H17ClN4O3S3. The zero-order valence-electron chi connectivity index (χ0n) is 15.3. The number of nitrogens with two attached hydrogens (primary N) is 1. The van der Waals surface area contributed by atoms with E-state index in [-0.39, 0.29) is 31.7 Å². The summed E-state index contributed by atoms with van der Waals surface area (Å²) in [4.78, 5) is 19.9. The molecule has 0 radical (unpaired) electrons. The van der Waals surface area contributed by atoms with Crippen LogP contribution >= 0.6 is 34.7 Å². The van der Waals surface area contributed by atoms with Gasteiger partial charge in [0, 0.05) is 6.54 Å². The zero-order chi connectivity index (χ0) is 21.0. The largest absolute Gasteiger partial charge is 0.382 e. The average Bonchev–Trinajstić information content (AvgIpc) is 3.13. The molecule has 11 heteroatoms. The monoisotopic (exact) mass is 468 g/mol. The Morgan fingerprint density at radius 1 is 1.24 bits per heavy atom. The average molecular weight is 469 g/mol. The Hall–Kier alpha value is -2.14. The van der Waals surface area contributed by atoms with Gasteiger partial charge >= 0.3 is 0 Å². The molecule has 7 nitrogen and oxygen atoms in total. The molecule has 0 saturated carbocycles. The number of thioether (sulfide) groups is 1. The fourth-order valence-corrected chi connectivity index (χ4v) is 5.80. The molecule has 29 heavy (non-hydrogen) atoms. The molecule has 0 fully saturated rings. The predicted molar refractivity (Wildman–Crippen MR) is 115 cm³/mol. The highest BCUT2D eigenvalue weighted by molar-refractivity contribution is 7.99. The number of nitrogens with zero attached hydrogens (tertiary/aromatic N) is 2. The summed E-state index contributed by atoms with van der Waals surface area (Å²) in [5.74, 6) is -0.285. The summed E-state index contributed by atoms with van der Waals surface area (Å²) >= 11 is 7.81. The summed E-state index contributed by atoms with van der Waals surface area (Å²) in [6.07, 6.45) is 1.15. The van der Waals surface area contributed by atoms with E-state index in [2.05, 4.69) is 15.3 Å². The molecule has 152 valence electrons. The van der Waals surface area contributed by atoms with Crippen LogP contribution in [0.4, 0.5) is 5.82 Å². The summed E-state index contributed by atoms with van der Waals surface area (Å²) in [5.41, 5.74) is 7.98. The highest BCUT2D eigenvalue weighted by atomic mass is 35.5. The minimum Gasteiger partial charge on any atom is -0.382 e. The number of anilines is 1. The number of nitrogens with one attached hydrogen (secondary N) is 1. The second-order valence-corrected chi connectivity index (χ2v) is 10.8. The number of rotatable bonds is 7. The molecule has 2 heterocycles. The molecule has 3 N–H and O–H groups in total. The van der Waals surface area contributed by atoms with E-state index in [0.717, 1.165) is 40.4 Å². The predicted octanol–water partition coefficient (Wildman–Crippen LogP) is 3.32. The Bertz CT molecular complexity index is 1130. The lowest BCUT2D eigenvalue weighted by molar-refractivity contribution is -0.118. The number of benzene rings is 1. The van der Waals surface area contributed by atoms with Crippen LogP contribution in [0.5, 0.6) is 0 Å². The Morgan fingerprint density at radius 2 is 1.97 bits per heavy atom. The normalized spacial score (nSPS) is 11.4. The van der Waals surface area contributed by atoms with E-state index < -0.39 is 9.84 Å². The van der Waals surface area contributed by atoms with Crippen LogP contribution in [0.15, 0.2) is 56.9 Å². The maximum atomic E-state index is 12.6. The molecule has 2 aromatic heterocycles. The standard InChI is InChI=1S/C18H17ClN4O3S3/c1-11-2-4-12(5-3-11)8-21-15(24)10-27-18-22-9-13(17(20)23-18)29(25,26)16-7-6-14(19)28-16/h2-7,9H,8,10H2,1H3,(H,21,24)(H2,20,22,23). The molecule has 3 rings (SSSR count). The summed E-state index contributed by atoms with van der Waals surface area (Å²) in [5, 5.41) is 3.03. The minimum absolute atomic E-state index is 0.0636. The van der Waals surface area contributed by atoms with Gasteiger partial charge in [0.05, 0.1) is 16.3 Å². The van der Waals surface area contributed by atoms with Gasteiger partial charge in [-0.25, -0.2) is 18.4 Å². The van der Waals surface area contributed by atoms with Gasteiger partial charge in [0.15, 0.2) is 5.16 Å². The van der Waals surface area contributed by atoms with Crippen molar-refractivity contribution >= 4 is 56.3 Å². The van der Waals surface area contributed by atoms with Gasteiger partial charge in [-0.3, -0.25) is 4.79 Å². The zero-order valence-corrected chi connectivity index (χ0v) is 18.5. The molecule has 0 aliphatic carbocycles. The molecule has 0 spiro atoms. The first-order valence-corrected chi connectivity index (χ1v) is 12.0. The van der Waals surface area contributed by atoms with Gasteiger partial charge in [0.2, 0.25) is 15.7 Å². The number of aryl methyl sites for hydroxylation is 1. The van der Waals surface area contributed by atoms with Gasteiger partial charge in [-0.1, -0.05) is 53.2 Å². The first-order chi connectivity index (χ1) is 13.8. The Kier molecular flexibility index (Phi) is 6.78. The van der Waals surface area contributed by atoms with Gasteiger partial charge in [-0.05, 0) is 24.6 Å². The molecule has 0 atom stereocenters. The number of sulfone groups is 1. The summed E-state index contributed by atoms with van der Waals surface area (Å²) in [7, 11) is -3.84. The van der Waals surface area contributed by atoms with Crippen LogP contribution in [0.1, 0.15) is 11.1 Å². The third kappa shape index (κ3) is 5.47. The first kappa shape index (κ1) is 21.6. The number of hydrogen-bond donors (Lipinski definition) is 2. The van der Waals surface area contributed by atoms with Crippen LogP contribution < -0.4 is 11.1 Å². The van der Waals surface area contributed by atoms with E-state index in [9.17, 15) is 13.2 Å². The lowest BCUT2D eigenvalue weighted by atomic mass is 10.1. The van der Waals surface area contributed by atoms with E-state index in [0.29, 0.717) is 10.9 Å². The van der Waals surface area contributed by atoms with E-state index in [1.807, 2.05) is 31.2 Å². The lowest BCUT2D eigenvalue weighted by Crippen LogP contribution is -2.24. The van der Waals surface area contributed by atoms with Gasteiger partial charge in [0.25, 0.3) is 0 Å². The summed E-state index contributed by atoms with van der Waals surface area (Å²) in [6, 6.07) is 10.8. The van der Waals surface area contributed by atoms with Gasteiger partial charge < -0.3 is 11.1 Å². The van der Waals surface area contributed by atoms with Crippen molar-refractivity contribution in [1.82, 2.24) is 15.3 Å². The van der Waals surface area contributed by atoms with Crippen molar-refractivity contribution in [3.63, 3.8) is 0 Å². The Morgan fingerprint density at radius 3 is 2.59 bits per heavy atom. The van der Waals surface area contributed by atoms with Crippen LogP contribution in [0, 0.1) is 6.92 Å². The van der Waals surface area contributed by atoms with Crippen molar-refractivity contribution in [2.45, 2.75) is 27.7 Å². The van der Waals surface area contributed by atoms with Crippen LogP contribution in [-0.4, -0.2) is 30.0 Å². The smallest absolute Gasteiger partial charge is 0.230 e. The van der Waals surface area contributed by atoms with E-state index in [1.165, 1.54) is 12.1 Å². The fourth-order valence-electron chi connectivity index (χ4n) is 2.28. The van der Waals surface area contributed by atoms with Gasteiger partial charge in [-0.15, -0.1) is 11.3 Å². The molecule has 0 bridgehead atoms. The van der Waals surface area contributed by atoms with Crippen molar-refractivity contribution in [3.05, 3.63) is 58.1 Å². The van der Waals surface area contributed by atoms with Crippen molar-refractivity contribution < 1.29 is 13.2 Å². The van der Waals surface area contributed by atoms with Gasteiger partial charge in [-0.2, -0.15) is 0 Å². The number of aromatic nitrogens is 2. The molecule has 0 unspecified atom stereocenters. The number of carbonyl (C=O) groups is 1. The molecule has 1 amide bonds. The molecule has 1 aromatic carbocycles. The lowest BCUT2D eigenvalue weighted by Gasteiger charge is -2.07. The Balaban J connectivity index is 1.60. The van der Waals surface area contributed by atoms with E-state index in [1.54, 1.807) is 0 Å². The number of hydrogen-bond acceptors (Lipinski definition) is 8. The maximum absolute atomic E-state index is 12.6. The highest BCUT2D eigenvalue weighted by Crippen LogP contribution is 2.32. The van der Waals surface area contributed by atoms with Crippen LogP contribution in [0.3, 0.4) is 0 Å². The minimum atomic E-state index is -3.84. The third-order valence-corrected chi connectivity index (χ3v) is 8.16. The number of carbonyl (C=O) groups excluding carboxylic acids is 1. The van der Waals surface area contributed by atoms with Crippen LogP contribution in [0.2, 0.25) is 4.34 Å². The molecular weight excluding hydrogens is 452 g/mol. The maximum Gasteiger partial charge on any atom is 0.230 e. The number of thiophene rings is 1. The Labute approximate surface area is 181 Å². The van der Waals surface area contributed by atoms with Crippen molar-refractivity contribution in [3.8, 4) is 0 Å². The highest BCUT2D eigenvalue weighted by Gasteiger charge is 2.24. The third-order valence-electron chi connectivity index (χ3n) is 3.81. The van der Waals surface area contributed by atoms with E-state index >= 15 is 0 Å². The molecule has 0 aliphatic heterocycles. The van der Waals surface area contributed by atoms with Crippen LogP contribution in [-0.2, 0) is 21.2 Å². The molecule has 0 saturated heterocycles. The van der Waals surface area contributed by atoms with Crippen molar-refractivity contribution in [2.24, 2.45) is 0 Å². The topological polar surface area (TPSA) is 115 Å². The number of halogens is 1. The first-order valence-electron chi connectivity index (χ1n) is 8.33.